The van der Waals surface area contributed by atoms with Crippen molar-refractivity contribution in [2.75, 3.05) is 25.1 Å². The summed E-state index contributed by atoms with van der Waals surface area (Å²) in [7, 11) is 1.64. The second-order valence-electron chi connectivity index (χ2n) is 5.10. The Bertz CT molecular complexity index is 402. The fourth-order valence-electron chi connectivity index (χ4n) is 2.56. The largest absolute Gasteiger partial charge is 0.481 e. The summed E-state index contributed by atoms with van der Waals surface area (Å²) in [5.41, 5.74) is 0. The van der Waals surface area contributed by atoms with Crippen LogP contribution in [-0.2, 0) is 0 Å². The molecular weight excluding hydrogens is 228 g/mol. The number of hydrogen-bond donors (Lipinski definition) is 1. The van der Waals surface area contributed by atoms with E-state index in [-0.39, 0.29) is 0 Å². The molecule has 2 fully saturated rings. The first-order valence-corrected chi connectivity index (χ1v) is 6.73. The number of ether oxygens (including phenoxy) is 1. The van der Waals surface area contributed by atoms with Crippen molar-refractivity contribution in [2.24, 2.45) is 0 Å². The highest BCUT2D eigenvalue weighted by atomic mass is 16.5. The Hall–Kier alpha value is -1.36. The highest BCUT2D eigenvalue weighted by Crippen LogP contribution is 2.32. The van der Waals surface area contributed by atoms with E-state index in [0.29, 0.717) is 18.0 Å². The highest BCUT2D eigenvalue weighted by Gasteiger charge is 2.32. The lowest BCUT2D eigenvalue weighted by atomic mass is 10.2. The van der Waals surface area contributed by atoms with Gasteiger partial charge >= 0.3 is 0 Å². The summed E-state index contributed by atoms with van der Waals surface area (Å²) in [6, 6.07) is 3.20. The van der Waals surface area contributed by atoms with Crippen LogP contribution in [-0.4, -0.2) is 42.3 Å². The number of anilines is 1. The summed E-state index contributed by atoms with van der Waals surface area (Å²) in [4.78, 5) is 10.9. The van der Waals surface area contributed by atoms with Gasteiger partial charge in [0.05, 0.1) is 7.11 Å². The van der Waals surface area contributed by atoms with E-state index in [4.69, 9.17) is 4.74 Å². The standard InChI is InChI=1S/C13H20N4O/c1-18-13-7-12(15-9-16-13)17(11-4-5-11)8-10-3-2-6-14-10/h7,9-11,14H,2-6,8H2,1H3. The van der Waals surface area contributed by atoms with Crippen molar-refractivity contribution in [2.45, 2.75) is 37.8 Å². The first-order valence-electron chi connectivity index (χ1n) is 6.73. The number of nitrogens with zero attached hydrogens (tertiary/aromatic N) is 3. The zero-order valence-corrected chi connectivity index (χ0v) is 10.8. The van der Waals surface area contributed by atoms with Gasteiger partial charge in [-0.15, -0.1) is 0 Å². The molecule has 18 heavy (non-hydrogen) atoms. The van der Waals surface area contributed by atoms with Gasteiger partial charge in [0.2, 0.25) is 5.88 Å². The Balaban J connectivity index is 1.75. The summed E-state index contributed by atoms with van der Waals surface area (Å²) in [6.45, 7) is 2.20. The Morgan fingerprint density at radius 1 is 1.39 bits per heavy atom. The molecule has 1 atom stereocenters. The average Bonchev–Trinajstić information content (AvgIpc) is 3.13. The van der Waals surface area contributed by atoms with Gasteiger partial charge in [0.1, 0.15) is 12.1 Å². The molecule has 1 N–H and O–H groups in total. The summed E-state index contributed by atoms with van der Waals surface area (Å²) in [5.74, 6) is 1.64. The first kappa shape index (κ1) is 11.7. The third-order valence-electron chi connectivity index (χ3n) is 3.70. The van der Waals surface area contributed by atoms with Crippen molar-refractivity contribution >= 4 is 5.82 Å². The molecule has 5 nitrogen and oxygen atoms in total. The predicted molar refractivity (Wildman–Crippen MR) is 70.0 cm³/mol. The lowest BCUT2D eigenvalue weighted by Crippen LogP contribution is -2.39. The molecule has 5 heteroatoms. The number of rotatable bonds is 5. The fraction of sp³-hybridized carbons (Fsp3) is 0.692. The van der Waals surface area contributed by atoms with E-state index in [1.54, 1.807) is 13.4 Å². The first-order chi connectivity index (χ1) is 8.86. The molecule has 1 unspecified atom stereocenters. The number of aromatic nitrogens is 2. The molecule has 1 aromatic rings. The molecule has 1 aliphatic heterocycles. The van der Waals surface area contributed by atoms with Gasteiger partial charge < -0.3 is 15.0 Å². The van der Waals surface area contributed by atoms with Crippen LogP contribution in [0.3, 0.4) is 0 Å². The van der Waals surface area contributed by atoms with Crippen LogP contribution in [0.25, 0.3) is 0 Å². The molecule has 0 bridgehead atoms. The summed E-state index contributed by atoms with van der Waals surface area (Å²) < 4.78 is 5.18. The lowest BCUT2D eigenvalue weighted by molar-refractivity contribution is 0.396. The van der Waals surface area contributed by atoms with Crippen molar-refractivity contribution in [3.63, 3.8) is 0 Å². The molecule has 98 valence electrons. The topological polar surface area (TPSA) is 50.3 Å². The van der Waals surface area contributed by atoms with Gasteiger partial charge in [0, 0.05) is 24.7 Å². The highest BCUT2D eigenvalue weighted by molar-refractivity contribution is 5.43. The van der Waals surface area contributed by atoms with Crippen molar-refractivity contribution < 1.29 is 4.74 Å². The number of nitrogens with one attached hydrogen (secondary N) is 1. The van der Waals surface area contributed by atoms with Crippen LogP contribution < -0.4 is 15.0 Å². The maximum atomic E-state index is 5.18. The second kappa shape index (κ2) is 5.10. The molecule has 0 radical (unpaired) electrons. The van der Waals surface area contributed by atoms with Gasteiger partial charge in [0.15, 0.2) is 0 Å². The molecule has 0 amide bonds. The third kappa shape index (κ3) is 2.56. The Morgan fingerprint density at radius 3 is 2.94 bits per heavy atom. The number of hydrogen-bond acceptors (Lipinski definition) is 5. The second-order valence-corrected chi connectivity index (χ2v) is 5.10. The Labute approximate surface area is 108 Å². The number of methoxy groups -OCH3 is 1. The van der Waals surface area contributed by atoms with Gasteiger partial charge in [0.25, 0.3) is 0 Å². The van der Waals surface area contributed by atoms with E-state index < -0.39 is 0 Å². The Kier molecular flexibility index (Phi) is 3.32. The predicted octanol–water partition coefficient (Wildman–Crippen LogP) is 1.21. The monoisotopic (exact) mass is 248 g/mol. The van der Waals surface area contributed by atoms with Crippen molar-refractivity contribution in [3.8, 4) is 5.88 Å². The zero-order chi connectivity index (χ0) is 12.4. The van der Waals surface area contributed by atoms with Gasteiger partial charge in [-0.1, -0.05) is 0 Å². The average molecular weight is 248 g/mol. The third-order valence-corrected chi connectivity index (χ3v) is 3.70. The van der Waals surface area contributed by atoms with Crippen LogP contribution in [0, 0.1) is 0 Å². The van der Waals surface area contributed by atoms with Crippen LogP contribution in [0.4, 0.5) is 5.82 Å². The molecule has 3 rings (SSSR count). The van der Waals surface area contributed by atoms with Crippen molar-refractivity contribution in [1.82, 2.24) is 15.3 Å². The van der Waals surface area contributed by atoms with Crippen LogP contribution in [0.5, 0.6) is 5.88 Å². The zero-order valence-electron chi connectivity index (χ0n) is 10.8. The van der Waals surface area contributed by atoms with Crippen LogP contribution in [0.2, 0.25) is 0 Å². The van der Waals surface area contributed by atoms with Gasteiger partial charge in [-0.05, 0) is 32.2 Å². The summed E-state index contributed by atoms with van der Waals surface area (Å²) >= 11 is 0. The van der Waals surface area contributed by atoms with E-state index in [2.05, 4.69) is 20.2 Å². The Morgan fingerprint density at radius 2 is 2.28 bits per heavy atom. The van der Waals surface area contributed by atoms with Gasteiger partial charge in [-0.2, -0.15) is 0 Å². The quantitative estimate of drug-likeness (QED) is 0.848. The van der Waals surface area contributed by atoms with E-state index in [1.165, 1.54) is 25.7 Å². The molecule has 1 aliphatic carbocycles. The van der Waals surface area contributed by atoms with Crippen LogP contribution in [0.1, 0.15) is 25.7 Å². The van der Waals surface area contributed by atoms with E-state index in [1.807, 2.05) is 6.07 Å². The SMILES string of the molecule is COc1cc(N(CC2CCCN2)C2CC2)ncn1. The summed E-state index contributed by atoms with van der Waals surface area (Å²) in [6.07, 6.45) is 6.70. The molecule has 2 aliphatic rings. The van der Waals surface area contributed by atoms with E-state index in [0.717, 1.165) is 18.9 Å². The normalized spacial score (nSPS) is 23.1. The lowest BCUT2D eigenvalue weighted by Gasteiger charge is -2.26. The molecule has 0 spiro atoms. The fourth-order valence-corrected chi connectivity index (χ4v) is 2.56. The molecule has 1 saturated carbocycles. The molecule has 1 aromatic heterocycles. The van der Waals surface area contributed by atoms with Gasteiger partial charge in [-0.3, -0.25) is 0 Å². The molecule has 2 heterocycles. The molecular formula is C13H20N4O. The van der Waals surface area contributed by atoms with Crippen LogP contribution >= 0.6 is 0 Å². The minimum absolute atomic E-state index is 0.603. The molecule has 1 saturated heterocycles. The van der Waals surface area contributed by atoms with Crippen molar-refractivity contribution in [3.05, 3.63) is 12.4 Å². The maximum Gasteiger partial charge on any atom is 0.218 e. The minimum atomic E-state index is 0.603. The van der Waals surface area contributed by atoms with E-state index >= 15 is 0 Å². The molecule has 0 aromatic carbocycles. The van der Waals surface area contributed by atoms with Crippen molar-refractivity contribution in [1.29, 1.82) is 0 Å². The van der Waals surface area contributed by atoms with Crippen LogP contribution in [0.15, 0.2) is 12.4 Å². The maximum absolute atomic E-state index is 5.18. The minimum Gasteiger partial charge on any atom is -0.481 e. The van der Waals surface area contributed by atoms with Gasteiger partial charge in [-0.25, -0.2) is 9.97 Å². The summed E-state index contributed by atoms with van der Waals surface area (Å²) in [5, 5.41) is 3.55. The van der Waals surface area contributed by atoms with E-state index in [9.17, 15) is 0 Å². The smallest absolute Gasteiger partial charge is 0.218 e.